The number of hydrogen-bond acceptors (Lipinski definition) is 1. The van der Waals surface area contributed by atoms with Crippen LogP contribution in [0.5, 0.6) is 0 Å². The summed E-state index contributed by atoms with van der Waals surface area (Å²) in [6, 6.07) is 9.52. The van der Waals surface area contributed by atoms with E-state index in [1.54, 1.807) is 5.57 Å². The molecule has 1 heteroatoms. The van der Waals surface area contributed by atoms with Gasteiger partial charge in [0.25, 0.3) is 0 Å². The van der Waals surface area contributed by atoms with Crippen molar-refractivity contribution < 1.29 is 0 Å². The van der Waals surface area contributed by atoms with E-state index in [1.807, 2.05) is 0 Å². The predicted octanol–water partition coefficient (Wildman–Crippen LogP) is 5.19. The Morgan fingerprint density at radius 2 is 2.00 bits per heavy atom. The molecular formula is C20H31N. The minimum absolute atomic E-state index is 0.532. The highest BCUT2D eigenvalue weighted by molar-refractivity contribution is 5.25. The van der Waals surface area contributed by atoms with Gasteiger partial charge in [-0.05, 0) is 57.6 Å². The molecule has 0 aromatic heterocycles. The molecule has 1 N–H and O–H groups in total. The average Bonchev–Trinajstić information content (AvgIpc) is 2.43. The second-order valence-corrected chi connectivity index (χ2v) is 6.43. The van der Waals surface area contributed by atoms with Crippen molar-refractivity contribution in [3.05, 3.63) is 47.0 Å². The maximum absolute atomic E-state index is 3.79. The van der Waals surface area contributed by atoms with Crippen molar-refractivity contribution in [3.63, 3.8) is 0 Å². The normalized spacial score (nSPS) is 20.2. The van der Waals surface area contributed by atoms with Crippen molar-refractivity contribution in [3.8, 4) is 0 Å². The Morgan fingerprint density at radius 1 is 1.14 bits per heavy atom. The van der Waals surface area contributed by atoms with Crippen molar-refractivity contribution >= 4 is 0 Å². The van der Waals surface area contributed by atoms with Gasteiger partial charge in [-0.2, -0.15) is 0 Å². The molecule has 0 saturated carbocycles. The molecule has 0 heterocycles. The van der Waals surface area contributed by atoms with Crippen LogP contribution in [-0.4, -0.2) is 12.6 Å². The maximum atomic E-state index is 3.79. The molecule has 1 atom stereocenters. The highest BCUT2D eigenvalue weighted by Crippen LogP contribution is 2.22. The Hall–Kier alpha value is -1.08. The van der Waals surface area contributed by atoms with E-state index in [4.69, 9.17) is 0 Å². The average molecular weight is 285 g/mol. The molecule has 1 unspecified atom stereocenters. The van der Waals surface area contributed by atoms with Gasteiger partial charge >= 0.3 is 0 Å². The van der Waals surface area contributed by atoms with E-state index < -0.39 is 0 Å². The Kier molecular flexibility index (Phi) is 7.02. The van der Waals surface area contributed by atoms with Crippen molar-refractivity contribution in [2.45, 2.75) is 71.3 Å². The number of benzene rings is 1. The third-order valence-electron chi connectivity index (χ3n) is 4.44. The molecule has 2 rings (SSSR count). The predicted molar refractivity (Wildman–Crippen MR) is 92.7 cm³/mol. The summed E-state index contributed by atoms with van der Waals surface area (Å²) in [5.74, 6) is 0. The second kappa shape index (κ2) is 9.04. The van der Waals surface area contributed by atoms with Gasteiger partial charge in [0, 0.05) is 6.04 Å². The lowest BCUT2D eigenvalue weighted by molar-refractivity contribution is 0.523. The zero-order chi connectivity index (χ0) is 14.9. The van der Waals surface area contributed by atoms with Gasteiger partial charge in [-0.25, -0.2) is 0 Å². The van der Waals surface area contributed by atoms with Gasteiger partial charge in [0.1, 0.15) is 0 Å². The van der Waals surface area contributed by atoms with Crippen molar-refractivity contribution in [2.75, 3.05) is 6.54 Å². The van der Waals surface area contributed by atoms with Gasteiger partial charge in [-0.1, -0.05) is 61.2 Å². The minimum atomic E-state index is 0.532. The highest BCUT2D eigenvalue weighted by Gasteiger charge is 2.15. The van der Waals surface area contributed by atoms with Gasteiger partial charge in [0.2, 0.25) is 0 Å². The molecule has 1 aliphatic rings. The third-order valence-corrected chi connectivity index (χ3v) is 4.44. The lowest BCUT2D eigenvalue weighted by atomic mass is 9.91. The largest absolute Gasteiger partial charge is 0.310 e. The molecule has 0 aliphatic heterocycles. The number of rotatable bonds is 6. The molecule has 1 aromatic carbocycles. The van der Waals surface area contributed by atoms with Crippen LogP contribution in [0.1, 0.15) is 63.0 Å². The van der Waals surface area contributed by atoms with Gasteiger partial charge in [-0.15, -0.1) is 0 Å². The molecule has 116 valence electrons. The van der Waals surface area contributed by atoms with Crippen LogP contribution in [0, 0.1) is 6.92 Å². The molecule has 0 spiro atoms. The lowest BCUT2D eigenvalue weighted by Gasteiger charge is -2.24. The minimum Gasteiger partial charge on any atom is -0.310 e. The molecular weight excluding hydrogens is 254 g/mol. The first-order chi connectivity index (χ1) is 10.3. The molecule has 0 bridgehead atoms. The molecule has 0 saturated heterocycles. The first-order valence-corrected chi connectivity index (χ1v) is 8.77. The first-order valence-electron chi connectivity index (χ1n) is 8.77. The summed E-state index contributed by atoms with van der Waals surface area (Å²) in [6.07, 6.45) is 13.0. The van der Waals surface area contributed by atoms with E-state index >= 15 is 0 Å². The monoisotopic (exact) mass is 285 g/mol. The van der Waals surface area contributed by atoms with Gasteiger partial charge in [0.15, 0.2) is 0 Å². The van der Waals surface area contributed by atoms with E-state index in [9.17, 15) is 0 Å². The molecule has 0 amide bonds. The summed E-state index contributed by atoms with van der Waals surface area (Å²) in [4.78, 5) is 0. The fourth-order valence-electron chi connectivity index (χ4n) is 3.26. The molecule has 1 aliphatic carbocycles. The third kappa shape index (κ3) is 5.67. The number of nitrogens with one attached hydrogen (secondary N) is 1. The number of allylic oxidation sites excluding steroid dienone is 1. The van der Waals surface area contributed by atoms with Crippen LogP contribution >= 0.6 is 0 Å². The fraction of sp³-hybridized carbons (Fsp3) is 0.600. The van der Waals surface area contributed by atoms with Crippen LogP contribution in [0.4, 0.5) is 0 Å². The zero-order valence-electron chi connectivity index (χ0n) is 13.8. The molecule has 0 fully saturated rings. The summed E-state index contributed by atoms with van der Waals surface area (Å²) >= 11 is 0. The molecule has 1 aromatic rings. The van der Waals surface area contributed by atoms with Crippen LogP contribution in [0.15, 0.2) is 35.9 Å². The zero-order valence-corrected chi connectivity index (χ0v) is 13.8. The van der Waals surface area contributed by atoms with Crippen molar-refractivity contribution in [1.82, 2.24) is 5.32 Å². The van der Waals surface area contributed by atoms with Gasteiger partial charge in [0.05, 0.1) is 0 Å². The van der Waals surface area contributed by atoms with Crippen LogP contribution < -0.4 is 5.32 Å². The second-order valence-electron chi connectivity index (χ2n) is 6.43. The van der Waals surface area contributed by atoms with Gasteiger partial charge in [-0.3, -0.25) is 0 Å². The summed E-state index contributed by atoms with van der Waals surface area (Å²) in [5.41, 5.74) is 4.49. The van der Waals surface area contributed by atoms with Gasteiger partial charge < -0.3 is 5.32 Å². The fourth-order valence-corrected chi connectivity index (χ4v) is 3.26. The lowest BCUT2D eigenvalue weighted by Crippen LogP contribution is -2.34. The standard InChI is InChI=1S/C20H31N/c1-3-14-21-20(16-18-11-9-10-17(2)15-18)19-12-7-5-4-6-8-13-19/h9-12,15,20-21H,3-8,13-14,16H2,1-2H3/b19-12+. The van der Waals surface area contributed by atoms with E-state index in [0.717, 1.165) is 13.0 Å². The summed E-state index contributed by atoms with van der Waals surface area (Å²) in [5, 5.41) is 3.79. The number of hydrogen-bond donors (Lipinski definition) is 1. The molecule has 21 heavy (non-hydrogen) atoms. The summed E-state index contributed by atoms with van der Waals surface area (Å²) < 4.78 is 0. The Bertz CT molecular complexity index is 447. The van der Waals surface area contributed by atoms with E-state index in [1.165, 1.54) is 56.1 Å². The first kappa shape index (κ1) is 16.3. The van der Waals surface area contributed by atoms with E-state index in [0.29, 0.717) is 6.04 Å². The van der Waals surface area contributed by atoms with Crippen LogP contribution in [0.25, 0.3) is 0 Å². The Labute approximate surface area is 130 Å². The van der Waals surface area contributed by atoms with E-state index in [-0.39, 0.29) is 0 Å². The van der Waals surface area contributed by atoms with Crippen molar-refractivity contribution in [1.29, 1.82) is 0 Å². The van der Waals surface area contributed by atoms with Crippen LogP contribution in [0.3, 0.4) is 0 Å². The quantitative estimate of drug-likeness (QED) is 0.710. The molecule has 0 radical (unpaired) electrons. The Balaban J connectivity index is 2.08. The number of aryl methyl sites for hydroxylation is 1. The maximum Gasteiger partial charge on any atom is 0.0320 e. The topological polar surface area (TPSA) is 12.0 Å². The summed E-state index contributed by atoms with van der Waals surface area (Å²) in [7, 11) is 0. The SMILES string of the molecule is CCCNC(Cc1cccc(C)c1)/C1=C/CCCCCC1. The van der Waals surface area contributed by atoms with Crippen LogP contribution in [-0.2, 0) is 6.42 Å². The highest BCUT2D eigenvalue weighted by atomic mass is 14.9. The Morgan fingerprint density at radius 3 is 2.81 bits per heavy atom. The van der Waals surface area contributed by atoms with Crippen LogP contribution in [0.2, 0.25) is 0 Å². The molecule has 1 nitrogen and oxygen atoms in total. The van der Waals surface area contributed by atoms with Crippen molar-refractivity contribution in [2.24, 2.45) is 0 Å². The summed E-state index contributed by atoms with van der Waals surface area (Å²) in [6.45, 7) is 5.56. The smallest absolute Gasteiger partial charge is 0.0320 e. The van der Waals surface area contributed by atoms with E-state index in [2.05, 4.69) is 49.5 Å².